The molecule has 0 aromatic heterocycles. The predicted molar refractivity (Wildman–Crippen MR) is 70.7 cm³/mol. The minimum absolute atomic E-state index is 0.00445. The molecule has 18 heavy (non-hydrogen) atoms. The summed E-state index contributed by atoms with van der Waals surface area (Å²) in [5.74, 6) is 0.854. The lowest BCUT2D eigenvalue weighted by molar-refractivity contribution is -0.132. The monoisotopic (exact) mass is 248 g/mol. The summed E-state index contributed by atoms with van der Waals surface area (Å²) < 4.78 is 0. The summed E-state index contributed by atoms with van der Waals surface area (Å²) in [6.07, 6.45) is 9.76. The smallest absolute Gasteiger partial charge is 0.240 e. The lowest BCUT2D eigenvalue weighted by Gasteiger charge is -2.36. The first kappa shape index (κ1) is 13.4. The van der Waals surface area contributed by atoms with E-state index in [0.717, 1.165) is 38.0 Å². The normalized spacial score (nSPS) is 30.0. The second-order valence-corrected chi connectivity index (χ2v) is 6.03. The molecule has 2 fully saturated rings. The van der Waals surface area contributed by atoms with E-state index in [4.69, 9.17) is 5.26 Å². The minimum Gasteiger partial charge on any atom is -0.352 e. The summed E-state index contributed by atoms with van der Waals surface area (Å²) in [5.41, 5.74) is -0.680. The zero-order valence-electron chi connectivity index (χ0n) is 11.4. The van der Waals surface area contributed by atoms with E-state index in [-0.39, 0.29) is 5.91 Å². The molecule has 2 aliphatic rings. The van der Waals surface area contributed by atoms with Gasteiger partial charge >= 0.3 is 0 Å². The van der Waals surface area contributed by atoms with Gasteiger partial charge in [-0.3, -0.25) is 4.79 Å². The van der Waals surface area contributed by atoms with Crippen LogP contribution in [-0.4, -0.2) is 11.9 Å². The molecule has 0 radical (unpaired) electrons. The lowest BCUT2D eigenvalue weighted by Crippen LogP contribution is -2.49. The number of nitrogens with one attached hydrogen (secondary N) is 1. The Balaban J connectivity index is 1.78. The molecule has 1 amide bonds. The highest BCUT2D eigenvalue weighted by Gasteiger charge is 2.45. The molecule has 0 bridgehead atoms. The number of nitrogens with zero attached hydrogens (tertiary/aromatic N) is 1. The first-order valence-electron chi connectivity index (χ1n) is 7.42. The second kappa shape index (κ2) is 5.73. The zero-order chi connectivity index (χ0) is 13.0. The van der Waals surface area contributed by atoms with Crippen molar-refractivity contribution in [2.75, 3.05) is 0 Å². The Morgan fingerprint density at radius 2 is 2.00 bits per heavy atom. The standard InChI is InChI=1S/C15H24N2O/c1-2-4-12-5-7-13(8-6-12)17-14(18)15(11-16)9-3-10-15/h12-13H,2-10H2,1H3,(H,17,18). The molecule has 0 aliphatic heterocycles. The van der Waals surface area contributed by atoms with Crippen LogP contribution >= 0.6 is 0 Å². The highest BCUT2D eigenvalue weighted by molar-refractivity contribution is 5.86. The maximum atomic E-state index is 12.1. The highest BCUT2D eigenvalue weighted by Crippen LogP contribution is 2.40. The van der Waals surface area contributed by atoms with E-state index in [1.165, 1.54) is 25.7 Å². The quantitative estimate of drug-likeness (QED) is 0.831. The van der Waals surface area contributed by atoms with Gasteiger partial charge in [-0.2, -0.15) is 5.26 Å². The average molecular weight is 248 g/mol. The molecule has 0 spiro atoms. The summed E-state index contributed by atoms with van der Waals surface area (Å²) >= 11 is 0. The Bertz CT molecular complexity index is 333. The van der Waals surface area contributed by atoms with Gasteiger partial charge in [0.15, 0.2) is 0 Å². The lowest BCUT2D eigenvalue weighted by atomic mass is 9.69. The van der Waals surface area contributed by atoms with Gasteiger partial charge in [-0.15, -0.1) is 0 Å². The zero-order valence-corrected chi connectivity index (χ0v) is 11.4. The number of amides is 1. The van der Waals surface area contributed by atoms with Gasteiger partial charge in [0.2, 0.25) is 5.91 Å². The van der Waals surface area contributed by atoms with Crippen molar-refractivity contribution in [3.63, 3.8) is 0 Å². The largest absolute Gasteiger partial charge is 0.352 e. The van der Waals surface area contributed by atoms with Crippen LogP contribution in [0.4, 0.5) is 0 Å². The third-order valence-corrected chi connectivity index (χ3v) is 4.73. The van der Waals surface area contributed by atoms with Crippen molar-refractivity contribution in [1.29, 1.82) is 5.26 Å². The number of carbonyl (C=O) groups is 1. The van der Waals surface area contributed by atoms with E-state index in [0.29, 0.717) is 6.04 Å². The van der Waals surface area contributed by atoms with Crippen LogP contribution in [0.2, 0.25) is 0 Å². The molecule has 3 nitrogen and oxygen atoms in total. The number of rotatable bonds is 4. The van der Waals surface area contributed by atoms with Crippen molar-refractivity contribution in [3.05, 3.63) is 0 Å². The van der Waals surface area contributed by atoms with Crippen LogP contribution in [0.15, 0.2) is 0 Å². The molecule has 2 rings (SSSR count). The summed E-state index contributed by atoms with van der Waals surface area (Å²) in [7, 11) is 0. The summed E-state index contributed by atoms with van der Waals surface area (Å²) in [5, 5.41) is 12.3. The van der Waals surface area contributed by atoms with E-state index in [2.05, 4.69) is 18.3 Å². The molecule has 3 heteroatoms. The summed E-state index contributed by atoms with van der Waals surface area (Å²) in [6.45, 7) is 2.24. The molecule has 0 heterocycles. The highest BCUT2D eigenvalue weighted by atomic mass is 16.2. The van der Waals surface area contributed by atoms with Crippen LogP contribution in [0.5, 0.6) is 0 Å². The molecule has 0 unspecified atom stereocenters. The fourth-order valence-electron chi connectivity index (χ4n) is 3.25. The van der Waals surface area contributed by atoms with Crippen LogP contribution in [0.1, 0.15) is 64.7 Å². The van der Waals surface area contributed by atoms with Crippen LogP contribution in [-0.2, 0) is 4.79 Å². The molecular weight excluding hydrogens is 224 g/mol. The molecule has 0 aromatic rings. The van der Waals surface area contributed by atoms with Crippen molar-refractivity contribution in [3.8, 4) is 6.07 Å². The number of nitriles is 1. The third kappa shape index (κ3) is 2.68. The van der Waals surface area contributed by atoms with Gasteiger partial charge in [0.05, 0.1) is 6.07 Å². The van der Waals surface area contributed by atoms with E-state index < -0.39 is 5.41 Å². The fourth-order valence-corrected chi connectivity index (χ4v) is 3.25. The van der Waals surface area contributed by atoms with Crippen molar-refractivity contribution in [1.82, 2.24) is 5.32 Å². The molecular formula is C15H24N2O. The SMILES string of the molecule is CCCC1CCC(NC(=O)C2(C#N)CCC2)CC1. The van der Waals surface area contributed by atoms with Crippen LogP contribution < -0.4 is 5.32 Å². The second-order valence-electron chi connectivity index (χ2n) is 6.03. The van der Waals surface area contributed by atoms with Crippen LogP contribution in [0.25, 0.3) is 0 Å². The Morgan fingerprint density at radius 3 is 2.44 bits per heavy atom. The summed E-state index contributed by atoms with van der Waals surface area (Å²) in [4.78, 5) is 12.1. The van der Waals surface area contributed by atoms with Gasteiger partial charge in [-0.1, -0.05) is 19.8 Å². The van der Waals surface area contributed by atoms with Gasteiger partial charge in [0, 0.05) is 6.04 Å². The molecule has 0 atom stereocenters. The van der Waals surface area contributed by atoms with Gasteiger partial charge in [-0.05, 0) is 50.9 Å². The maximum Gasteiger partial charge on any atom is 0.240 e. The molecule has 0 saturated heterocycles. The van der Waals surface area contributed by atoms with Gasteiger partial charge < -0.3 is 5.32 Å². The van der Waals surface area contributed by atoms with Crippen LogP contribution in [0.3, 0.4) is 0 Å². The Labute approximate surface area is 110 Å². The number of carbonyl (C=O) groups excluding carboxylic acids is 1. The topological polar surface area (TPSA) is 52.9 Å². The molecule has 0 aromatic carbocycles. The Kier molecular flexibility index (Phi) is 4.27. The first-order chi connectivity index (χ1) is 8.70. The van der Waals surface area contributed by atoms with Gasteiger partial charge in [-0.25, -0.2) is 0 Å². The van der Waals surface area contributed by atoms with Gasteiger partial charge in [0.25, 0.3) is 0 Å². The van der Waals surface area contributed by atoms with Gasteiger partial charge in [0.1, 0.15) is 5.41 Å². The Morgan fingerprint density at radius 1 is 1.33 bits per heavy atom. The molecule has 100 valence electrons. The third-order valence-electron chi connectivity index (χ3n) is 4.73. The van der Waals surface area contributed by atoms with Crippen molar-refractivity contribution >= 4 is 5.91 Å². The van der Waals surface area contributed by atoms with Crippen molar-refractivity contribution in [2.45, 2.75) is 70.8 Å². The average Bonchev–Trinajstić information content (AvgIpc) is 2.31. The van der Waals surface area contributed by atoms with Crippen molar-refractivity contribution in [2.24, 2.45) is 11.3 Å². The molecule has 1 N–H and O–H groups in total. The van der Waals surface area contributed by atoms with Crippen LogP contribution in [0, 0.1) is 22.7 Å². The minimum atomic E-state index is -0.680. The Hall–Kier alpha value is -1.04. The fraction of sp³-hybridized carbons (Fsp3) is 0.867. The first-order valence-corrected chi connectivity index (χ1v) is 7.42. The van der Waals surface area contributed by atoms with E-state index in [1.807, 2.05) is 0 Å². The van der Waals surface area contributed by atoms with E-state index in [1.54, 1.807) is 0 Å². The molecule has 2 saturated carbocycles. The number of hydrogen-bond donors (Lipinski definition) is 1. The maximum absolute atomic E-state index is 12.1. The predicted octanol–water partition coefficient (Wildman–Crippen LogP) is 3.16. The number of hydrogen-bond acceptors (Lipinski definition) is 2. The van der Waals surface area contributed by atoms with E-state index in [9.17, 15) is 4.79 Å². The van der Waals surface area contributed by atoms with E-state index >= 15 is 0 Å². The summed E-state index contributed by atoms with van der Waals surface area (Å²) in [6, 6.07) is 2.54. The van der Waals surface area contributed by atoms with Crippen molar-refractivity contribution < 1.29 is 4.79 Å². The molecule has 2 aliphatic carbocycles.